The fourth-order valence-corrected chi connectivity index (χ4v) is 2.06. The van der Waals surface area contributed by atoms with Crippen molar-refractivity contribution in [2.24, 2.45) is 0 Å². The van der Waals surface area contributed by atoms with Gasteiger partial charge in [0.15, 0.2) is 5.82 Å². The van der Waals surface area contributed by atoms with E-state index in [2.05, 4.69) is 15.0 Å². The molecule has 0 fully saturated rings. The van der Waals surface area contributed by atoms with E-state index in [0.29, 0.717) is 10.7 Å². The third-order valence-corrected chi connectivity index (χ3v) is 3.23. The zero-order valence-electron chi connectivity index (χ0n) is 10.8. The number of pyridine rings is 1. The van der Waals surface area contributed by atoms with Gasteiger partial charge in [-0.3, -0.25) is 9.78 Å². The molecule has 1 N–H and O–H groups in total. The molecule has 0 bridgehead atoms. The molecule has 0 saturated heterocycles. The Labute approximate surface area is 126 Å². The Hall–Kier alpha value is -2.41. The molecular formula is C14H7ClF3N3O. The number of alkyl halides is 3. The van der Waals surface area contributed by atoms with Crippen LogP contribution in [0.2, 0.25) is 5.02 Å². The van der Waals surface area contributed by atoms with E-state index in [9.17, 15) is 18.0 Å². The summed E-state index contributed by atoms with van der Waals surface area (Å²) in [4.78, 5) is 22.5. The van der Waals surface area contributed by atoms with Crippen LogP contribution in [0.1, 0.15) is 5.56 Å². The van der Waals surface area contributed by atoms with E-state index >= 15 is 0 Å². The van der Waals surface area contributed by atoms with Crippen molar-refractivity contribution in [3.8, 4) is 11.5 Å². The molecule has 0 radical (unpaired) electrons. The Bertz CT molecular complexity index is 904. The van der Waals surface area contributed by atoms with E-state index in [1.807, 2.05) is 0 Å². The normalized spacial score (nSPS) is 11.8. The molecule has 0 aliphatic heterocycles. The summed E-state index contributed by atoms with van der Waals surface area (Å²) in [5, 5.41) is 0.469. The molecule has 0 amide bonds. The summed E-state index contributed by atoms with van der Waals surface area (Å²) in [7, 11) is 0. The smallest absolute Gasteiger partial charge is 0.305 e. The number of nitrogens with one attached hydrogen (secondary N) is 1. The number of H-pyrrole nitrogens is 1. The van der Waals surface area contributed by atoms with Gasteiger partial charge in [0.05, 0.1) is 21.5 Å². The van der Waals surface area contributed by atoms with Gasteiger partial charge < -0.3 is 4.98 Å². The zero-order valence-corrected chi connectivity index (χ0v) is 11.5. The molecule has 8 heteroatoms. The van der Waals surface area contributed by atoms with Gasteiger partial charge in [0, 0.05) is 6.20 Å². The lowest BCUT2D eigenvalue weighted by molar-refractivity contribution is -0.137. The van der Waals surface area contributed by atoms with Gasteiger partial charge in [-0.25, -0.2) is 4.98 Å². The number of halogens is 4. The predicted octanol–water partition coefficient (Wildman–Crippen LogP) is 3.66. The van der Waals surface area contributed by atoms with Gasteiger partial charge in [-0.05, 0) is 30.3 Å². The highest BCUT2D eigenvalue weighted by atomic mass is 35.5. The van der Waals surface area contributed by atoms with E-state index in [1.165, 1.54) is 12.3 Å². The number of aromatic amines is 1. The van der Waals surface area contributed by atoms with Crippen molar-refractivity contribution in [3.05, 3.63) is 57.5 Å². The summed E-state index contributed by atoms with van der Waals surface area (Å²) < 4.78 is 38.2. The first-order chi connectivity index (χ1) is 10.3. The van der Waals surface area contributed by atoms with Crippen LogP contribution in [-0.2, 0) is 6.18 Å². The summed E-state index contributed by atoms with van der Waals surface area (Å²) in [5.41, 5.74) is -1.15. The largest absolute Gasteiger partial charge is 0.416 e. The fourth-order valence-electron chi connectivity index (χ4n) is 1.95. The van der Waals surface area contributed by atoms with E-state index in [4.69, 9.17) is 11.6 Å². The van der Waals surface area contributed by atoms with Crippen molar-refractivity contribution in [1.82, 2.24) is 15.0 Å². The average Bonchev–Trinajstić information content (AvgIpc) is 2.46. The van der Waals surface area contributed by atoms with Gasteiger partial charge >= 0.3 is 6.18 Å². The van der Waals surface area contributed by atoms with Crippen LogP contribution in [0.25, 0.3) is 22.4 Å². The third kappa shape index (κ3) is 2.67. The second-order valence-electron chi connectivity index (χ2n) is 4.51. The van der Waals surface area contributed by atoms with Crippen molar-refractivity contribution in [2.75, 3.05) is 0 Å². The van der Waals surface area contributed by atoms with Crippen LogP contribution in [0, 0.1) is 0 Å². The lowest BCUT2D eigenvalue weighted by atomic mass is 10.1. The Morgan fingerprint density at radius 1 is 1.14 bits per heavy atom. The minimum atomic E-state index is -4.50. The molecule has 0 aliphatic carbocycles. The molecule has 2 aromatic heterocycles. The first-order valence-corrected chi connectivity index (χ1v) is 6.45. The zero-order chi connectivity index (χ0) is 15.9. The Morgan fingerprint density at radius 3 is 2.55 bits per heavy atom. The van der Waals surface area contributed by atoms with Crippen LogP contribution in [0.4, 0.5) is 13.2 Å². The monoisotopic (exact) mass is 325 g/mol. The molecule has 3 rings (SSSR count). The molecule has 2 heterocycles. The van der Waals surface area contributed by atoms with Gasteiger partial charge in [-0.15, -0.1) is 0 Å². The molecule has 0 spiro atoms. The van der Waals surface area contributed by atoms with E-state index in [-0.39, 0.29) is 16.7 Å². The van der Waals surface area contributed by atoms with Crippen LogP contribution < -0.4 is 5.56 Å². The highest BCUT2D eigenvalue weighted by molar-refractivity contribution is 6.30. The number of hydrogen-bond donors (Lipinski definition) is 1. The van der Waals surface area contributed by atoms with Gasteiger partial charge in [0.25, 0.3) is 5.56 Å². The van der Waals surface area contributed by atoms with Crippen LogP contribution in [0.15, 0.2) is 41.3 Å². The van der Waals surface area contributed by atoms with Gasteiger partial charge in [0.2, 0.25) is 0 Å². The second-order valence-corrected chi connectivity index (χ2v) is 4.94. The molecule has 22 heavy (non-hydrogen) atoms. The van der Waals surface area contributed by atoms with Crippen molar-refractivity contribution < 1.29 is 13.2 Å². The summed E-state index contributed by atoms with van der Waals surface area (Å²) in [6, 6.07) is 5.84. The Kier molecular flexibility index (Phi) is 3.37. The average molecular weight is 326 g/mol. The van der Waals surface area contributed by atoms with Crippen LogP contribution in [0.5, 0.6) is 0 Å². The molecule has 0 aliphatic rings. The van der Waals surface area contributed by atoms with Crippen molar-refractivity contribution in [1.29, 1.82) is 0 Å². The molecule has 112 valence electrons. The number of hydrogen-bond acceptors (Lipinski definition) is 3. The lowest BCUT2D eigenvalue weighted by Crippen LogP contribution is -2.12. The number of rotatable bonds is 1. The maximum Gasteiger partial charge on any atom is 0.416 e. The summed E-state index contributed by atoms with van der Waals surface area (Å²) in [5.74, 6) is 0.0773. The number of aromatic nitrogens is 3. The lowest BCUT2D eigenvalue weighted by Gasteiger charge is -2.08. The summed E-state index contributed by atoms with van der Waals surface area (Å²) in [6.45, 7) is 0. The van der Waals surface area contributed by atoms with Crippen LogP contribution in [-0.4, -0.2) is 15.0 Å². The molecular weight excluding hydrogens is 319 g/mol. The summed E-state index contributed by atoms with van der Waals surface area (Å²) in [6.07, 6.45) is -3.15. The molecule has 0 atom stereocenters. The topological polar surface area (TPSA) is 58.6 Å². The number of nitrogens with zero attached hydrogens (tertiary/aromatic N) is 2. The minimum absolute atomic E-state index is 0.0506. The SMILES string of the molecule is O=c1[nH]c(-c2ccc(Cl)cn2)nc2cc(C(F)(F)F)ccc12. The van der Waals surface area contributed by atoms with Crippen molar-refractivity contribution in [2.45, 2.75) is 6.18 Å². The molecule has 4 nitrogen and oxygen atoms in total. The highest BCUT2D eigenvalue weighted by Gasteiger charge is 2.30. The predicted molar refractivity (Wildman–Crippen MR) is 75.6 cm³/mol. The molecule has 3 aromatic rings. The first kappa shape index (κ1) is 14.5. The maximum atomic E-state index is 12.7. The third-order valence-electron chi connectivity index (χ3n) is 3.00. The number of fused-ring (bicyclic) bond motifs is 1. The molecule has 0 saturated carbocycles. The second kappa shape index (κ2) is 5.10. The summed E-state index contributed by atoms with van der Waals surface area (Å²) >= 11 is 5.72. The maximum absolute atomic E-state index is 12.7. The number of benzene rings is 1. The van der Waals surface area contributed by atoms with Gasteiger partial charge in [0.1, 0.15) is 5.69 Å². The Balaban J connectivity index is 2.21. The Morgan fingerprint density at radius 2 is 1.91 bits per heavy atom. The standard InChI is InChI=1S/C14H7ClF3N3O/c15-8-2-4-10(19-6-8)12-20-11-5-7(14(16,17)18)1-3-9(11)13(22)21-12/h1-6H,(H,20,21,22). The minimum Gasteiger partial charge on any atom is -0.305 e. The highest BCUT2D eigenvalue weighted by Crippen LogP contribution is 2.30. The van der Waals surface area contributed by atoms with E-state index < -0.39 is 17.3 Å². The molecule has 1 aromatic carbocycles. The fraction of sp³-hybridized carbons (Fsp3) is 0.0714. The van der Waals surface area contributed by atoms with Crippen LogP contribution >= 0.6 is 11.6 Å². The van der Waals surface area contributed by atoms with E-state index in [0.717, 1.165) is 18.2 Å². The van der Waals surface area contributed by atoms with Crippen molar-refractivity contribution in [3.63, 3.8) is 0 Å². The van der Waals surface area contributed by atoms with Crippen LogP contribution in [0.3, 0.4) is 0 Å². The van der Waals surface area contributed by atoms with Crippen molar-refractivity contribution >= 4 is 22.5 Å². The van der Waals surface area contributed by atoms with Gasteiger partial charge in [-0.2, -0.15) is 13.2 Å². The van der Waals surface area contributed by atoms with Gasteiger partial charge in [-0.1, -0.05) is 11.6 Å². The molecule has 0 unspecified atom stereocenters. The van der Waals surface area contributed by atoms with E-state index in [1.54, 1.807) is 6.07 Å². The first-order valence-electron chi connectivity index (χ1n) is 6.08. The quantitative estimate of drug-likeness (QED) is 0.743.